The van der Waals surface area contributed by atoms with E-state index in [9.17, 15) is 14.4 Å². The van der Waals surface area contributed by atoms with Crippen molar-refractivity contribution in [2.24, 2.45) is 5.10 Å². The lowest BCUT2D eigenvalue weighted by Crippen LogP contribution is -2.37. The van der Waals surface area contributed by atoms with Gasteiger partial charge < -0.3 is 10.6 Å². The molecule has 3 rings (SSSR count). The van der Waals surface area contributed by atoms with E-state index in [0.717, 1.165) is 31.2 Å². The molecule has 2 aromatic carbocycles. The summed E-state index contributed by atoms with van der Waals surface area (Å²) in [5, 5.41) is 9.24. The quantitative estimate of drug-likeness (QED) is 0.380. The van der Waals surface area contributed by atoms with Crippen molar-refractivity contribution >= 4 is 35.7 Å². The predicted octanol–water partition coefficient (Wildman–Crippen LogP) is 3.50. The van der Waals surface area contributed by atoms with Crippen LogP contribution in [-0.4, -0.2) is 30.0 Å². The Kier molecular flexibility index (Phi) is 8.11. The number of hydrogen-bond donors (Lipinski definition) is 3. The van der Waals surface area contributed by atoms with Gasteiger partial charge in [0.05, 0.1) is 11.3 Å². The lowest BCUT2D eigenvalue weighted by atomic mass is 9.95. The number of benzene rings is 2. The standard InChI is InChI=1S/C24H26N4O3/c29-22(26-19-13-5-2-6-14-19)20-15-7-8-16-21(20)27-23(30)24(31)28-25-17-9-12-18-10-3-1-4-11-18/h1,3-4,7-12,15-17,19H,2,5-6,13-14H2,(H,26,29)(H,27,30)(H,28,31). The molecule has 1 saturated carbocycles. The first-order chi connectivity index (χ1) is 15.1. The molecular weight excluding hydrogens is 392 g/mol. The molecule has 0 saturated heterocycles. The van der Waals surface area contributed by atoms with Gasteiger partial charge in [0, 0.05) is 12.3 Å². The summed E-state index contributed by atoms with van der Waals surface area (Å²) in [6.07, 6.45) is 10.2. The summed E-state index contributed by atoms with van der Waals surface area (Å²) in [5.74, 6) is -2.08. The number of nitrogens with one attached hydrogen (secondary N) is 3. The zero-order chi connectivity index (χ0) is 21.9. The van der Waals surface area contributed by atoms with Gasteiger partial charge in [0.25, 0.3) is 5.91 Å². The molecule has 2 aromatic rings. The molecule has 31 heavy (non-hydrogen) atoms. The summed E-state index contributed by atoms with van der Waals surface area (Å²) in [6.45, 7) is 0. The van der Waals surface area contributed by atoms with E-state index in [1.165, 1.54) is 12.6 Å². The molecule has 0 aliphatic heterocycles. The maximum Gasteiger partial charge on any atom is 0.329 e. The van der Waals surface area contributed by atoms with Crippen molar-refractivity contribution in [3.63, 3.8) is 0 Å². The first kappa shape index (κ1) is 22.0. The van der Waals surface area contributed by atoms with Crippen molar-refractivity contribution < 1.29 is 14.4 Å². The number of hydrogen-bond acceptors (Lipinski definition) is 4. The number of para-hydroxylation sites is 1. The van der Waals surface area contributed by atoms with Gasteiger partial charge in [-0.05, 0) is 36.6 Å². The van der Waals surface area contributed by atoms with Crippen LogP contribution in [0.3, 0.4) is 0 Å². The molecule has 3 N–H and O–H groups in total. The van der Waals surface area contributed by atoms with Gasteiger partial charge >= 0.3 is 11.8 Å². The van der Waals surface area contributed by atoms with E-state index < -0.39 is 11.8 Å². The van der Waals surface area contributed by atoms with Crippen LogP contribution in [0.2, 0.25) is 0 Å². The van der Waals surface area contributed by atoms with Crippen molar-refractivity contribution in [2.75, 3.05) is 5.32 Å². The topological polar surface area (TPSA) is 99.7 Å². The van der Waals surface area contributed by atoms with Crippen LogP contribution in [-0.2, 0) is 9.59 Å². The highest BCUT2D eigenvalue weighted by atomic mass is 16.2. The third-order valence-corrected chi connectivity index (χ3v) is 4.98. The number of nitrogens with zero attached hydrogens (tertiary/aromatic N) is 1. The summed E-state index contributed by atoms with van der Waals surface area (Å²) in [7, 11) is 0. The van der Waals surface area contributed by atoms with Crippen LogP contribution in [0.1, 0.15) is 48.0 Å². The molecule has 0 unspecified atom stereocenters. The van der Waals surface area contributed by atoms with Crippen LogP contribution in [0.15, 0.2) is 65.8 Å². The molecule has 1 aliphatic rings. The maximum atomic E-state index is 12.7. The molecule has 0 heterocycles. The van der Waals surface area contributed by atoms with E-state index in [2.05, 4.69) is 21.2 Å². The number of amides is 3. The Morgan fingerprint density at radius 3 is 2.35 bits per heavy atom. The molecule has 0 spiro atoms. The Labute approximate surface area is 181 Å². The predicted molar refractivity (Wildman–Crippen MR) is 122 cm³/mol. The Morgan fingerprint density at radius 1 is 0.871 bits per heavy atom. The largest absolute Gasteiger partial charge is 0.349 e. The average molecular weight is 418 g/mol. The number of anilines is 1. The minimum Gasteiger partial charge on any atom is -0.349 e. The van der Waals surface area contributed by atoms with Gasteiger partial charge in [-0.3, -0.25) is 14.4 Å². The van der Waals surface area contributed by atoms with Gasteiger partial charge in [-0.2, -0.15) is 5.10 Å². The van der Waals surface area contributed by atoms with Crippen molar-refractivity contribution in [3.8, 4) is 0 Å². The monoisotopic (exact) mass is 418 g/mol. The zero-order valence-corrected chi connectivity index (χ0v) is 17.2. The highest BCUT2D eigenvalue weighted by molar-refractivity contribution is 6.40. The van der Waals surface area contributed by atoms with Crippen LogP contribution in [0.25, 0.3) is 6.08 Å². The molecule has 7 nitrogen and oxygen atoms in total. The molecule has 1 fully saturated rings. The molecule has 0 aromatic heterocycles. The second kappa shape index (κ2) is 11.4. The first-order valence-electron chi connectivity index (χ1n) is 10.4. The van der Waals surface area contributed by atoms with Crippen LogP contribution in [0.4, 0.5) is 5.69 Å². The first-order valence-corrected chi connectivity index (χ1v) is 10.4. The van der Waals surface area contributed by atoms with E-state index in [-0.39, 0.29) is 17.6 Å². The van der Waals surface area contributed by atoms with Gasteiger partial charge in [-0.15, -0.1) is 0 Å². The molecular formula is C24H26N4O3. The fourth-order valence-corrected chi connectivity index (χ4v) is 3.39. The third-order valence-electron chi connectivity index (χ3n) is 4.98. The maximum absolute atomic E-state index is 12.7. The molecule has 0 atom stereocenters. The zero-order valence-electron chi connectivity index (χ0n) is 17.2. The van der Waals surface area contributed by atoms with Gasteiger partial charge in [-0.25, -0.2) is 5.43 Å². The van der Waals surface area contributed by atoms with Crippen LogP contribution < -0.4 is 16.1 Å². The van der Waals surface area contributed by atoms with E-state index in [1.54, 1.807) is 30.3 Å². The summed E-state index contributed by atoms with van der Waals surface area (Å²) in [6, 6.07) is 16.4. The van der Waals surface area contributed by atoms with Crippen LogP contribution in [0.5, 0.6) is 0 Å². The molecule has 1 aliphatic carbocycles. The van der Waals surface area contributed by atoms with Gasteiger partial charge in [0.1, 0.15) is 0 Å². The number of carbonyl (C=O) groups excluding carboxylic acids is 3. The van der Waals surface area contributed by atoms with Crippen LogP contribution >= 0.6 is 0 Å². The van der Waals surface area contributed by atoms with E-state index in [1.807, 2.05) is 36.4 Å². The van der Waals surface area contributed by atoms with Crippen molar-refractivity contribution in [1.82, 2.24) is 10.7 Å². The summed E-state index contributed by atoms with van der Waals surface area (Å²) in [4.78, 5) is 36.9. The van der Waals surface area contributed by atoms with Gasteiger partial charge in [-0.1, -0.05) is 67.8 Å². The fraction of sp³-hybridized carbons (Fsp3) is 0.250. The molecule has 160 valence electrons. The Balaban J connectivity index is 1.53. The number of rotatable bonds is 6. The highest BCUT2D eigenvalue weighted by Gasteiger charge is 2.20. The molecule has 7 heteroatoms. The molecule has 3 amide bonds. The number of hydrazone groups is 1. The SMILES string of the molecule is O=C(NN=CC=Cc1ccccc1)C(=O)Nc1ccccc1C(=O)NC1CCCCC1. The highest BCUT2D eigenvalue weighted by Crippen LogP contribution is 2.20. The van der Waals surface area contributed by atoms with E-state index in [4.69, 9.17) is 0 Å². The second-order valence-corrected chi connectivity index (χ2v) is 7.30. The average Bonchev–Trinajstić information content (AvgIpc) is 2.80. The van der Waals surface area contributed by atoms with Gasteiger partial charge in [0.15, 0.2) is 0 Å². The number of carbonyl (C=O) groups is 3. The van der Waals surface area contributed by atoms with Crippen molar-refractivity contribution in [3.05, 3.63) is 71.8 Å². The third kappa shape index (κ3) is 6.92. The Bertz CT molecular complexity index is 964. The van der Waals surface area contributed by atoms with E-state index in [0.29, 0.717) is 5.56 Å². The Hall–Kier alpha value is -3.74. The molecule has 0 bridgehead atoms. The smallest absolute Gasteiger partial charge is 0.329 e. The summed E-state index contributed by atoms with van der Waals surface area (Å²) >= 11 is 0. The normalized spacial score (nSPS) is 14.5. The van der Waals surface area contributed by atoms with Crippen molar-refractivity contribution in [2.45, 2.75) is 38.1 Å². The lowest BCUT2D eigenvalue weighted by Gasteiger charge is -2.23. The van der Waals surface area contributed by atoms with E-state index >= 15 is 0 Å². The Morgan fingerprint density at radius 2 is 1.58 bits per heavy atom. The number of allylic oxidation sites excluding steroid dienone is 1. The summed E-state index contributed by atoms with van der Waals surface area (Å²) in [5.41, 5.74) is 3.76. The van der Waals surface area contributed by atoms with Gasteiger partial charge in [0.2, 0.25) is 0 Å². The summed E-state index contributed by atoms with van der Waals surface area (Å²) < 4.78 is 0. The molecule has 0 radical (unpaired) electrons. The second-order valence-electron chi connectivity index (χ2n) is 7.30. The minimum atomic E-state index is -0.924. The lowest BCUT2D eigenvalue weighted by molar-refractivity contribution is -0.136. The fourth-order valence-electron chi connectivity index (χ4n) is 3.39. The van der Waals surface area contributed by atoms with Crippen LogP contribution in [0, 0.1) is 0 Å². The van der Waals surface area contributed by atoms with Crippen molar-refractivity contribution in [1.29, 1.82) is 0 Å². The minimum absolute atomic E-state index is 0.145.